The molecule has 0 N–H and O–H groups in total. The lowest BCUT2D eigenvalue weighted by atomic mass is 10.4. The van der Waals surface area contributed by atoms with E-state index in [0.29, 0.717) is 0 Å². The van der Waals surface area contributed by atoms with Crippen LogP contribution in [0.4, 0.5) is 0 Å². The van der Waals surface area contributed by atoms with Gasteiger partial charge in [-0.3, -0.25) is 0 Å². The van der Waals surface area contributed by atoms with Crippen LogP contribution in [0.1, 0.15) is 73.1 Å². The molecule has 0 atom stereocenters. The fraction of sp³-hybridized carbons (Fsp3) is 0.882. The highest BCUT2D eigenvalue weighted by Gasteiger charge is 2.47. The number of allylic oxidation sites excluding steroid dienone is 2. The third kappa shape index (κ3) is 11.4. The molecule has 150 valence electrons. The van der Waals surface area contributed by atoms with E-state index in [0.717, 1.165) is 4.32 Å². The van der Waals surface area contributed by atoms with E-state index in [2.05, 4.69) is 58.1 Å². The van der Waals surface area contributed by atoms with E-state index >= 15 is 0 Å². The van der Waals surface area contributed by atoms with Crippen LogP contribution in [0.3, 0.4) is 0 Å². The van der Waals surface area contributed by atoms with Crippen LogP contribution in [-0.2, 0) is 0 Å². The molecule has 1 heterocycles. The summed E-state index contributed by atoms with van der Waals surface area (Å²) >= 11 is 4.45. The summed E-state index contributed by atoms with van der Waals surface area (Å²) in [7, 11) is -5.73. The summed E-state index contributed by atoms with van der Waals surface area (Å²) in [6.07, 6.45) is 13.1. The fourth-order valence-corrected chi connectivity index (χ4v) is 13.8. The summed E-state index contributed by atoms with van der Waals surface area (Å²) < 4.78 is 34.9. The van der Waals surface area contributed by atoms with Crippen LogP contribution in [0, 0.1) is 10.2 Å². The second-order valence-corrected chi connectivity index (χ2v) is 15.2. The first-order chi connectivity index (χ1) is 11.6. The minimum absolute atomic E-state index is 0.784. The van der Waals surface area contributed by atoms with Gasteiger partial charge in [0, 0.05) is 7.26 Å². The number of unbranched alkanes of at least 4 members (excludes halogenated alkanes) is 3. The Kier molecular flexibility index (Phi) is 13.8. The van der Waals surface area contributed by atoms with Gasteiger partial charge in [0.05, 0.1) is 18.5 Å². The maximum atomic E-state index is 8.49. The van der Waals surface area contributed by atoms with Crippen molar-refractivity contribution in [2.75, 3.05) is 18.5 Å². The fourth-order valence-electron chi connectivity index (χ4n) is 2.79. The quantitative estimate of drug-likeness (QED) is 0.493. The summed E-state index contributed by atoms with van der Waals surface area (Å²) in [5.74, 6) is 0. The highest BCUT2D eigenvalue weighted by atomic mass is 35.7. The second-order valence-electron chi connectivity index (χ2n) is 6.48. The van der Waals surface area contributed by atoms with Gasteiger partial charge in [0.2, 0.25) is 0 Å². The van der Waals surface area contributed by atoms with E-state index in [1.807, 2.05) is 0 Å². The van der Waals surface area contributed by atoms with Crippen LogP contribution in [0.25, 0.3) is 0 Å². The van der Waals surface area contributed by atoms with Gasteiger partial charge in [0.1, 0.15) is 0 Å². The van der Waals surface area contributed by atoms with E-state index in [-0.39, 0.29) is 0 Å². The Balaban J connectivity index is 0.00000101. The van der Waals surface area contributed by atoms with Crippen molar-refractivity contribution in [3.05, 3.63) is 9.81 Å². The van der Waals surface area contributed by atoms with Gasteiger partial charge in [-0.25, -0.2) is 18.6 Å². The van der Waals surface area contributed by atoms with Crippen molar-refractivity contribution in [1.29, 1.82) is 0 Å². The summed E-state index contributed by atoms with van der Waals surface area (Å²) in [6.45, 7) is 11.7. The first kappa shape index (κ1) is 26.0. The van der Waals surface area contributed by atoms with Crippen molar-refractivity contribution in [3.8, 4) is 0 Å². The molecule has 0 radical (unpaired) electrons. The van der Waals surface area contributed by atoms with Gasteiger partial charge in [-0.05, 0) is 42.9 Å². The van der Waals surface area contributed by atoms with Crippen molar-refractivity contribution >= 4 is 30.8 Å². The molecule has 1 rings (SSSR count). The maximum Gasteiger partial charge on any atom is 0.167 e. The molecule has 1 aliphatic heterocycles. The number of halogens is 1. The van der Waals surface area contributed by atoms with E-state index < -0.39 is 17.5 Å². The largest absolute Gasteiger partial charge is 0.222 e. The van der Waals surface area contributed by atoms with Crippen LogP contribution >= 0.6 is 30.8 Å². The molecule has 0 saturated heterocycles. The zero-order valence-corrected chi connectivity index (χ0v) is 19.5. The Morgan fingerprint density at radius 2 is 1.04 bits per heavy atom. The van der Waals surface area contributed by atoms with Crippen molar-refractivity contribution in [3.63, 3.8) is 0 Å². The van der Waals surface area contributed by atoms with Gasteiger partial charge in [-0.15, -0.1) is 10.2 Å². The first-order valence-electron chi connectivity index (χ1n) is 9.08. The van der Waals surface area contributed by atoms with Gasteiger partial charge in [-0.1, -0.05) is 63.6 Å². The maximum absolute atomic E-state index is 8.49. The minimum Gasteiger partial charge on any atom is -0.222 e. The monoisotopic (exact) mass is 432 g/mol. The first-order valence-corrected chi connectivity index (χ1v) is 14.5. The molecule has 1 aliphatic rings. The Bertz CT molecular complexity index is 361. The average Bonchev–Trinajstić information content (AvgIpc) is 2.85. The molecular formula is C17H34ClO4PS2. The SMILES string of the molecule is CCCC[P+](CCCC)(CCCC)C1SC(C)=C(C)S1.[O-][Cl+3]([O-])([O-])[O-]. The topological polar surface area (TPSA) is 92.2 Å². The van der Waals surface area contributed by atoms with Crippen LogP contribution < -0.4 is 18.6 Å². The molecule has 0 aromatic carbocycles. The molecular weight excluding hydrogens is 399 g/mol. The molecule has 0 aromatic rings. The van der Waals surface area contributed by atoms with Crippen LogP contribution in [0.2, 0.25) is 0 Å². The highest BCUT2D eigenvalue weighted by Crippen LogP contribution is 2.74. The molecule has 8 heteroatoms. The predicted octanol–water partition coefficient (Wildman–Crippen LogP) is 2.66. The molecule has 0 amide bonds. The van der Waals surface area contributed by atoms with E-state index in [9.17, 15) is 0 Å². The van der Waals surface area contributed by atoms with Crippen molar-refractivity contribution in [1.82, 2.24) is 0 Å². The van der Waals surface area contributed by atoms with Gasteiger partial charge in [0.15, 0.2) is 4.32 Å². The Labute approximate surface area is 165 Å². The lowest BCUT2D eigenvalue weighted by Gasteiger charge is -2.32. The summed E-state index contributed by atoms with van der Waals surface area (Å²) in [4.78, 5) is 3.21. The number of hydrogen-bond acceptors (Lipinski definition) is 6. The van der Waals surface area contributed by atoms with Gasteiger partial charge in [-0.2, -0.15) is 0 Å². The second kappa shape index (κ2) is 13.2. The lowest BCUT2D eigenvalue weighted by Crippen LogP contribution is -2.68. The Morgan fingerprint density at radius 1 is 0.760 bits per heavy atom. The highest BCUT2D eigenvalue weighted by molar-refractivity contribution is 8.31. The molecule has 0 aliphatic carbocycles. The minimum atomic E-state index is -4.94. The molecule has 0 aromatic heterocycles. The van der Waals surface area contributed by atoms with Crippen molar-refractivity contribution in [2.45, 2.75) is 77.5 Å². The van der Waals surface area contributed by atoms with Gasteiger partial charge < -0.3 is 0 Å². The summed E-state index contributed by atoms with van der Waals surface area (Å²) in [5.41, 5.74) is 0. The van der Waals surface area contributed by atoms with Crippen LogP contribution in [-0.4, -0.2) is 22.8 Å². The molecule has 0 bridgehead atoms. The number of thioether (sulfide) groups is 2. The summed E-state index contributed by atoms with van der Waals surface area (Å²) in [6, 6.07) is 0. The molecule has 0 unspecified atom stereocenters. The standard InChI is InChI=1S/C17H34PS2.ClHO4/c1-6-9-12-18(13-10-7-2,14-11-8-3)17-19-15(4)16(5)20-17;2-1(3,4)5/h17H,6-14H2,1-5H3;(H,2,3,4,5)/q+1;/p-1. The zero-order chi connectivity index (χ0) is 19.5. The molecule has 0 spiro atoms. The van der Waals surface area contributed by atoms with E-state index in [1.165, 1.54) is 38.5 Å². The third-order valence-corrected chi connectivity index (χ3v) is 14.6. The van der Waals surface area contributed by atoms with E-state index in [1.54, 1.807) is 28.3 Å². The zero-order valence-electron chi connectivity index (χ0n) is 16.2. The lowest BCUT2D eigenvalue weighted by molar-refractivity contribution is -2.00. The average molecular weight is 433 g/mol. The van der Waals surface area contributed by atoms with Gasteiger partial charge in [0.25, 0.3) is 0 Å². The summed E-state index contributed by atoms with van der Waals surface area (Å²) in [5, 5.41) is 0. The molecule has 25 heavy (non-hydrogen) atoms. The third-order valence-electron chi connectivity index (χ3n) is 4.37. The smallest absolute Gasteiger partial charge is 0.167 e. The number of rotatable bonds is 10. The Hall–Kier alpha value is 1.000. The molecule has 0 fully saturated rings. The van der Waals surface area contributed by atoms with E-state index in [4.69, 9.17) is 18.6 Å². The van der Waals surface area contributed by atoms with Crippen LogP contribution in [0.5, 0.6) is 0 Å². The van der Waals surface area contributed by atoms with Crippen molar-refractivity contribution < 1.29 is 28.9 Å². The number of hydrogen-bond donors (Lipinski definition) is 0. The van der Waals surface area contributed by atoms with Crippen molar-refractivity contribution in [2.24, 2.45) is 0 Å². The Morgan fingerprint density at radius 3 is 1.28 bits per heavy atom. The normalized spacial score (nSPS) is 16.2. The predicted molar refractivity (Wildman–Crippen MR) is 104 cm³/mol. The van der Waals surface area contributed by atoms with Gasteiger partial charge >= 0.3 is 0 Å². The van der Waals surface area contributed by atoms with Crippen LogP contribution in [0.15, 0.2) is 9.81 Å². The molecule has 4 nitrogen and oxygen atoms in total. The molecule has 0 saturated carbocycles.